The molecule has 2 heterocycles. The average molecular weight is 316 g/mol. The van der Waals surface area contributed by atoms with Crippen molar-refractivity contribution in [1.29, 1.82) is 0 Å². The van der Waals surface area contributed by atoms with E-state index in [2.05, 4.69) is 45.5 Å². The molecule has 1 aliphatic rings. The highest BCUT2D eigenvalue weighted by molar-refractivity contribution is 14.1. The van der Waals surface area contributed by atoms with Crippen LogP contribution in [0.15, 0.2) is 6.07 Å². The molecule has 0 radical (unpaired) electrons. The van der Waals surface area contributed by atoms with Crippen LogP contribution in [0.3, 0.4) is 0 Å². The second-order valence-electron chi connectivity index (χ2n) is 3.45. The fourth-order valence-electron chi connectivity index (χ4n) is 1.88. The maximum Gasteiger partial charge on any atom is 0.169 e. The van der Waals surface area contributed by atoms with E-state index in [-0.39, 0.29) is 0 Å². The Labute approximate surface area is 99.9 Å². The molecule has 1 N–H and O–H groups in total. The van der Waals surface area contributed by atoms with Crippen molar-refractivity contribution in [2.24, 2.45) is 0 Å². The number of rotatable bonds is 1. The van der Waals surface area contributed by atoms with Crippen LogP contribution in [0.5, 0.6) is 0 Å². The zero-order valence-corrected chi connectivity index (χ0v) is 10.7. The molecule has 3 rings (SSSR count). The lowest BCUT2D eigenvalue weighted by atomic mass is 10.2. The maximum absolute atomic E-state index is 4.47. The quantitative estimate of drug-likeness (QED) is 0.686. The summed E-state index contributed by atoms with van der Waals surface area (Å²) in [5, 5.41) is 0. The number of nitrogens with one attached hydrogen (secondary N) is 1. The Hall–Kier alpha value is -0.360. The Morgan fingerprint density at radius 2 is 2.50 bits per heavy atom. The van der Waals surface area contributed by atoms with Gasteiger partial charge in [0.1, 0.15) is 0 Å². The van der Waals surface area contributed by atoms with Crippen LogP contribution in [0.4, 0.5) is 0 Å². The fourth-order valence-corrected chi connectivity index (χ4v) is 3.58. The van der Waals surface area contributed by atoms with Crippen molar-refractivity contribution >= 4 is 33.9 Å². The molecule has 0 aliphatic heterocycles. The van der Waals surface area contributed by atoms with E-state index in [1.54, 1.807) is 0 Å². The number of imidazole rings is 1. The third-order valence-corrected chi connectivity index (χ3v) is 4.39. The van der Waals surface area contributed by atoms with Gasteiger partial charge in [-0.25, -0.2) is 4.98 Å². The van der Waals surface area contributed by atoms with Crippen LogP contribution in [0.25, 0.3) is 10.6 Å². The minimum absolute atomic E-state index is 1.00. The summed E-state index contributed by atoms with van der Waals surface area (Å²) in [7, 11) is 0. The number of aromatic amines is 1. The molecule has 0 atom stereocenters. The van der Waals surface area contributed by atoms with Gasteiger partial charge in [-0.1, -0.05) is 6.92 Å². The summed E-state index contributed by atoms with van der Waals surface area (Å²) in [5.41, 5.74) is 3.93. The summed E-state index contributed by atoms with van der Waals surface area (Å²) in [6, 6.07) is 2.32. The van der Waals surface area contributed by atoms with Crippen molar-refractivity contribution in [2.45, 2.75) is 19.8 Å². The number of hydrogen-bond acceptors (Lipinski definition) is 2. The SMILES string of the molecule is CCc1cc2c(s1)-c1[nH]c(I)nc1C2. The van der Waals surface area contributed by atoms with E-state index < -0.39 is 0 Å². The summed E-state index contributed by atoms with van der Waals surface area (Å²) >= 11 is 4.14. The zero-order valence-electron chi connectivity index (χ0n) is 7.72. The van der Waals surface area contributed by atoms with E-state index in [0.717, 1.165) is 16.7 Å². The van der Waals surface area contributed by atoms with Gasteiger partial charge in [-0.3, -0.25) is 0 Å². The number of nitrogens with zero attached hydrogens (tertiary/aromatic N) is 1. The number of aromatic nitrogens is 2. The molecule has 4 heteroatoms. The standard InChI is InChI=1S/C10H9IN2S/c1-2-6-3-5-4-7-8(9(5)14-6)13-10(11)12-7/h3H,2,4H2,1H3,(H,12,13). The maximum atomic E-state index is 4.47. The molecule has 0 unspecified atom stereocenters. The van der Waals surface area contributed by atoms with E-state index in [1.807, 2.05) is 11.3 Å². The van der Waals surface area contributed by atoms with E-state index >= 15 is 0 Å². The molecule has 2 aromatic heterocycles. The first-order chi connectivity index (χ1) is 6.78. The van der Waals surface area contributed by atoms with Crippen LogP contribution in [0.1, 0.15) is 23.1 Å². The molecule has 72 valence electrons. The van der Waals surface area contributed by atoms with Gasteiger partial charge in [0.2, 0.25) is 0 Å². The van der Waals surface area contributed by atoms with E-state index in [0.29, 0.717) is 0 Å². The van der Waals surface area contributed by atoms with Crippen molar-refractivity contribution in [3.8, 4) is 10.6 Å². The number of aryl methyl sites for hydroxylation is 1. The molecule has 0 spiro atoms. The number of fused-ring (bicyclic) bond motifs is 3. The number of hydrogen-bond donors (Lipinski definition) is 1. The normalized spacial score (nSPS) is 13.0. The van der Waals surface area contributed by atoms with Crippen LogP contribution in [0, 0.1) is 3.83 Å². The van der Waals surface area contributed by atoms with Gasteiger partial charge < -0.3 is 4.98 Å². The largest absolute Gasteiger partial charge is 0.332 e. The fraction of sp³-hybridized carbons (Fsp3) is 0.300. The van der Waals surface area contributed by atoms with Crippen LogP contribution >= 0.6 is 33.9 Å². The molecule has 0 fully saturated rings. The summed E-state index contributed by atoms with van der Waals surface area (Å²) in [6.45, 7) is 2.21. The molecular formula is C10H9IN2S. The van der Waals surface area contributed by atoms with Gasteiger partial charge in [-0.05, 0) is 40.6 Å². The van der Waals surface area contributed by atoms with Crippen LogP contribution in [0.2, 0.25) is 0 Å². The molecule has 14 heavy (non-hydrogen) atoms. The van der Waals surface area contributed by atoms with E-state index in [4.69, 9.17) is 0 Å². The Morgan fingerprint density at radius 1 is 1.64 bits per heavy atom. The molecule has 0 amide bonds. The van der Waals surface area contributed by atoms with Gasteiger partial charge in [-0.15, -0.1) is 11.3 Å². The van der Waals surface area contributed by atoms with Gasteiger partial charge in [0.15, 0.2) is 3.83 Å². The molecule has 2 nitrogen and oxygen atoms in total. The van der Waals surface area contributed by atoms with Gasteiger partial charge in [0, 0.05) is 11.3 Å². The molecule has 0 aromatic carbocycles. The second kappa shape index (κ2) is 3.06. The molecule has 0 saturated carbocycles. The Balaban J connectivity index is 2.18. The summed E-state index contributed by atoms with van der Waals surface area (Å²) < 4.78 is 1.00. The van der Waals surface area contributed by atoms with E-state index in [1.165, 1.54) is 26.7 Å². The predicted molar refractivity (Wildman–Crippen MR) is 66.8 cm³/mol. The Morgan fingerprint density at radius 3 is 3.29 bits per heavy atom. The minimum atomic E-state index is 1.00. The molecular weight excluding hydrogens is 307 g/mol. The van der Waals surface area contributed by atoms with Gasteiger partial charge in [0.25, 0.3) is 0 Å². The Bertz CT molecular complexity index is 498. The topological polar surface area (TPSA) is 28.7 Å². The lowest BCUT2D eigenvalue weighted by Gasteiger charge is -1.88. The van der Waals surface area contributed by atoms with Crippen molar-refractivity contribution in [3.63, 3.8) is 0 Å². The highest BCUT2D eigenvalue weighted by Gasteiger charge is 2.24. The lowest BCUT2D eigenvalue weighted by Crippen LogP contribution is -1.81. The molecule has 0 bridgehead atoms. The van der Waals surface area contributed by atoms with Crippen LogP contribution < -0.4 is 0 Å². The smallest absolute Gasteiger partial charge is 0.169 e. The monoisotopic (exact) mass is 316 g/mol. The molecule has 1 aliphatic carbocycles. The minimum Gasteiger partial charge on any atom is -0.332 e. The summed E-state index contributed by atoms with van der Waals surface area (Å²) in [4.78, 5) is 10.7. The number of H-pyrrole nitrogens is 1. The average Bonchev–Trinajstić information content (AvgIpc) is 2.74. The number of halogens is 1. The predicted octanol–water partition coefficient (Wildman–Crippen LogP) is 3.21. The lowest BCUT2D eigenvalue weighted by molar-refractivity contribution is 1.11. The van der Waals surface area contributed by atoms with E-state index in [9.17, 15) is 0 Å². The first kappa shape index (κ1) is 8.91. The zero-order chi connectivity index (χ0) is 9.71. The third kappa shape index (κ3) is 1.16. The summed E-state index contributed by atoms with van der Waals surface area (Å²) in [6.07, 6.45) is 2.15. The van der Waals surface area contributed by atoms with Crippen molar-refractivity contribution in [1.82, 2.24) is 9.97 Å². The second-order valence-corrected chi connectivity index (χ2v) is 5.61. The van der Waals surface area contributed by atoms with Crippen molar-refractivity contribution < 1.29 is 0 Å². The third-order valence-electron chi connectivity index (χ3n) is 2.54. The van der Waals surface area contributed by atoms with Crippen molar-refractivity contribution in [3.05, 3.63) is 26.0 Å². The summed E-state index contributed by atoms with van der Waals surface area (Å²) in [5.74, 6) is 0. The first-order valence-corrected chi connectivity index (χ1v) is 6.53. The van der Waals surface area contributed by atoms with Crippen molar-refractivity contribution in [2.75, 3.05) is 0 Å². The highest BCUT2D eigenvalue weighted by Crippen LogP contribution is 2.41. The molecule has 2 aromatic rings. The van der Waals surface area contributed by atoms with Gasteiger partial charge in [0.05, 0.1) is 16.3 Å². The Kier molecular flexibility index (Phi) is 1.95. The van der Waals surface area contributed by atoms with Crippen LogP contribution in [-0.4, -0.2) is 9.97 Å². The van der Waals surface area contributed by atoms with Crippen LogP contribution in [-0.2, 0) is 12.8 Å². The number of thiophene rings is 1. The molecule has 0 saturated heterocycles. The first-order valence-electron chi connectivity index (χ1n) is 4.64. The highest BCUT2D eigenvalue weighted by atomic mass is 127. The van der Waals surface area contributed by atoms with Gasteiger partial charge in [-0.2, -0.15) is 0 Å². The van der Waals surface area contributed by atoms with Gasteiger partial charge >= 0.3 is 0 Å².